The number of hydrogen-bond donors (Lipinski definition) is 2. The SMILES string of the molecule is Cc1cc(SC(CC(C)(C)C)c2ccc(C(=O)NCc3nn[nH]n3)s2)cc(C)c1-c1ccc(C(C)(C)C)cc1. The van der Waals surface area contributed by atoms with Crippen LogP contribution >= 0.6 is 23.1 Å². The van der Waals surface area contributed by atoms with Gasteiger partial charge in [-0.2, -0.15) is 5.21 Å². The van der Waals surface area contributed by atoms with Crippen molar-refractivity contribution in [3.8, 4) is 11.1 Å². The molecule has 4 aromatic rings. The Labute approximate surface area is 240 Å². The summed E-state index contributed by atoms with van der Waals surface area (Å²) in [6.07, 6.45) is 0.996. The fourth-order valence-electron chi connectivity index (χ4n) is 4.66. The highest BCUT2D eigenvalue weighted by atomic mass is 32.2. The predicted octanol–water partition coefficient (Wildman–Crippen LogP) is 8.04. The molecule has 0 fully saturated rings. The first-order chi connectivity index (χ1) is 18.3. The van der Waals surface area contributed by atoms with Crippen LogP contribution in [0.5, 0.6) is 0 Å². The molecule has 1 amide bonds. The van der Waals surface area contributed by atoms with Crippen molar-refractivity contribution in [2.75, 3.05) is 0 Å². The van der Waals surface area contributed by atoms with Gasteiger partial charge in [0.2, 0.25) is 0 Å². The van der Waals surface area contributed by atoms with Crippen molar-refractivity contribution < 1.29 is 4.79 Å². The zero-order chi connectivity index (χ0) is 28.4. The average Bonchev–Trinajstić information content (AvgIpc) is 3.53. The maximum absolute atomic E-state index is 12.8. The summed E-state index contributed by atoms with van der Waals surface area (Å²) in [6, 6.07) is 17.7. The topological polar surface area (TPSA) is 83.6 Å². The number of hydrogen-bond acceptors (Lipinski definition) is 6. The number of H-pyrrole nitrogens is 1. The molecule has 2 aromatic carbocycles. The van der Waals surface area contributed by atoms with Gasteiger partial charge >= 0.3 is 0 Å². The van der Waals surface area contributed by atoms with Crippen LogP contribution in [-0.4, -0.2) is 26.5 Å². The predicted molar refractivity (Wildman–Crippen MR) is 162 cm³/mol. The number of rotatable bonds is 8. The first kappa shape index (κ1) is 29.0. The first-order valence-corrected chi connectivity index (χ1v) is 15.0. The van der Waals surface area contributed by atoms with Crippen molar-refractivity contribution in [2.24, 2.45) is 5.41 Å². The van der Waals surface area contributed by atoms with E-state index in [1.807, 2.05) is 17.8 Å². The van der Waals surface area contributed by atoms with E-state index in [0.29, 0.717) is 10.7 Å². The van der Waals surface area contributed by atoms with Crippen LogP contribution in [0, 0.1) is 19.3 Å². The van der Waals surface area contributed by atoms with Crippen LogP contribution in [0.2, 0.25) is 0 Å². The van der Waals surface area contributed by atoms with Gasteiger partial charge in [-0.3, -0.25) is 4.79 Å². The molecule has 2 heterocycles. The second-order valence-corrected chi connectivity index (χ2v) is 14.7. The van der Waals surface area contributed by atoms with Crippen LogP contribution in [0.1, 0.15) is 90.3 Å². The van der Waals surface area contributed by atoms with Gasteiger partial charge in [-0.1, -0.05) is 71.0 Å². The molecule has 8 heteroatoms. The maximum atomic E-state index is 12.8. The fourth-order valence-corrected chi connectivity index (χ4v) is 7.45. The van der Waals surface area contributed by atoms with Gasteiger partial charge in [0.05, 0.1) is 11.4 Å². The summed E-state index contributed by atoms with van der Waals surface area (Å²) in [4.78, 5) is 15.9. The van der Waals surface area contributed by atoms with Crippen LogP contribution in [0.3, 0.4) is 0 Å². The average molecular weight is 562 g/mol. The van der Waals surface area contributed by atoms with E-state index in [9.17, 15) is 4.79 Å². The highest BCUT2D eigenvalue weighted by Gasteiger charge is 2.25. The molecular weight excluding hydrogens is 523 g/mol. The molecule has 6 nitrogen and oxygen atoms in total. The summed E-state index contributed by atoms with van der Waals surface area (Å²) in [5.41, 5.74) is 6.76. The minimum Gasteiger partial charge on any atom is -0.344 e. The minimum absolute atomic E-state index is 0.121. The van der Waals surface area contributed by atoms with Gasteiger partial charge in [0.25, 0.3) is 5.91 Å². The summed E-state index contributed by atoms with van der Waals surface area (Å²) in [5, 5.41) is 16.8. The van der Waals surface area contributed by atoms with Gasteiger partial charge in [0, 0.05) is 15.0 Å². The smallest absolute Gasteiger partial charge is 0.261 e. The van der Waals surface area contributed by atoms with E-state index < -0.39 is 0 Å². The lowest BCUT2D eigenvalue weighted by atomic mass is 9.85. The number of carbonyl (C=O) groups excluding carboxylic acids is 1. The monoisotopic (exact) mass is 561 g/mol. The summed E-state index contributed by atoms with van der Waals surface area (Å²) in [5.74, 6) is 0.338. The molecule has 0 saturated heterocycles. The van der Waals surface area contributed by atoms with E-state index in [-0.39, 0.29) is 28.5 Å². The molecule has 0 aliphatic carbocycles. The minimum atomic E-state index is -0.121. The zero-order valence-corrected chi connectivity index (χ0v) is 25.8. The van der Waals surface area contributed by atoms with Crippen molar-refractivity contribution in [3.05, 3.63) is 80.8 Å². The molecule has 0 aliphatic heterocycles. The van der Waals surface area contributed by atoms with Gasteiger partial charge in [0.15, 0.2) is 5.82 Å². The quantitative estimate of drug-likeness (QED) is 0.213. The molecule has 1 unspecified atom stereocenters. The molecule has 39 heavy (non-hydrogen) atoms. The van der Waals surface area contributed by atoms with Gasteiger partial charge in [-0.25, -0.2) is 0 Å². The number of aromatic amines is 1. The first-order valence-electron chi connectivity index (χ1n) is 13.3. The number of aryl methyl sites for hydroxylation is 2. The molecule has 2 N–H and O–H groups in total. The number of thioether (sulfide) groups is 1. The Bertz CT molecular complexity index is 1390. The van der Waals surface area contributed by atoms with Crippen LogP contribution in [-0.2, 0) is 12.0 Å². The van der Waals surface area contributed by atoms with Gasteiger partial charge in [0.1, 0.15) is 0 Å². The van der Waals surface area contributed by atoms with E-state index in [1.165, 1.54) is 37.6 Å². The Hall–Kier alpha value is -2.97. The Morgan fingerprint density at radius 1 is 1.00 bits per heavy atom. The zero-order valence-electron chi connectivity index (χ0n) is 24.2. The van der Waals surface area contributed by atoms with Gasteiger partial charge < -0.3 is 5.32 Å². The number of nitrogens with one attached hydrogen (secondary N) is 2. The van der Waals surface area contributed by atoms with E-state index in [1.54, 1.807) is 11.3 Å². The van der Waals surface area contributed by atoms with Crippen molar-refractivity contribution >= 4 is 29.0 Å². The van der Waals surface area contributed by atoms with E-state index >= 15 is 0 Å². The largest absolute Gasteiger partial charge is 0.344 e. The number of benzene rings is 2. The fraction of sp³-hybridized carbons (Fsp3) is 0.419. The van der Waals surface area contributed by atoms with Crippen molar-refractivity contribution in [3.63, 3.8) is 0 Å². The number of tetrazole rings is 1. The summed E-state index contributed by atoms with van der Waals surface area (Å²) >= 11 is 3.45. The lowest BCUT2D eigenvalue weighted by Gasteiger charge is -2.25. The van der Waals surface area contributed by atoms with E-state index in [2.05, 4.69) is 124 Å². The number of amides is 1. The Morgan fingerprint density at radius 3 is 2.23 bits per heavy atom. The molecule has 0 radical (unpaired) electrons. The third-order valence-corrected chi connectivity index (χ3v) is 9.15. The Balaban J connectivity index is 1.55. The molecule has 206 valence electrons. The summed E-state index contributed by atoms with van der Waals surface area (Å²) in [7, 11) is 0. The molecule has 0 bridgehead atoms. The summed E-state index contributed by atoms with van der Waals surface area (Å²) in [6.45, 7) is 18.2. The molecule has 0 saturated carbocycles. The highest BCUT2D eigenvalue weighted by Crippen LogP contribution is 2.46. The third kappa shape index (κ3) is 7.57. The third-order valence-electron chi connectivity index (χ3n) is 6.59. The Morgan fingerprint density at radius 2 is 1.67 bits per heavy atom. The van der Waals surface area contributed by atoms with Crippen LogP contribution in [0.15, 0.2) is 53.4 Å². The molecule has 0 spiro atoms. The second-order valence-electron chi connectivity index (χ2n) is 12.3. The lowest BCUT2D eigenvalue weighted by molar-refractivity contribution is 0.0954. The number of aromatic nitrogens is 4. The molecule has 4 rings (SSSR count). The molecule has 2 aromatic heterocycles. The lowest BCUT2D eigenvalue weighted by Crippen LogP contribution is -2.22. The van der Waals surface area contributed by atoms with Gasteiger partial charge in [-0.05, 0) is 83.2 Å². The van der Waals surface area contributed by atoms with Crippen LogP contribution in [0.4, 0.5) is 0 Å². The van der Waals surface area contributed by atoms with Crippen molar-refractivity contribution in [2.45, 2.75) is 83.9 Å². The molecule has 0 aliphatic rings. The Kier molecular flexibility index (Phi) is 8.66. The van der Waals surface area contributed by atoms with Crippen molar-refractivity contribution in [1.82, 2.24) is 25.9 Å². The molecule has 1 atom stereocenters. The van der Waals surface area contributed by atoms with Gasteiger partial charge in [-0.15, -0.1) is 33.3 Å². The normalized spacial score (nSPS) is 12.9. The maximum Gasteiger partial charge on any atom is 0.261 e. The van der Waals surface area contributed by atoms with Crippen LogP contribution in [0.25, 0.3) is 11.1 Å². The van der Waals surface area contributed by atoms with Crippen molar-refractivity contribution in [1.29, 1.82) is 0 Å². The summed E-state index contributed by atoms with van der Waals surface area (Å²) < 4.78 is 0. The standard InChI is InChI=1S/C31H39N5OS2/c1-19-15-23(16-20(2)28(19)21-9-11-22(12-10-21)31(6,7)8)38-26(17-30(3,4)5)24-13-14-25(39-24)29(37)32-18-27-33-35-36-34-27/h9-16,26H,17-18H2,1-8H3,(H,32,37)(H,33,34,35,36). The molecular formula is C31H39N5OS2. The number of nitrogens with zero attached hydrogens (tertiary/aromatic N) is 3. The highest BCUT2D eigenvalue weighted by molar-refractivity contribution is 7.99. The van der Waals surface area contributed by atoms with E-state index in [4.69, 9.17) is 0 Å². The number of thiophene rings is 1. The van der Waals surface area contributed by atoms with Crippen LogP contribution < -0.4 is 5.32 Å². The number of carbonyl (C=O) groups is 1. The second kappa shape index (κ2) is 11.6. The van der Waals surface area contributed by atoms with E-state index in [0.717, 1.165) is 6.42 Å².